The molecule has 0 aliphatic carbocycles. The van der Waals surface area contributed by atoms with Crippen LogP contribution in [-0.4, -0.2) is 34.1 Å². The molecule has 1 radical (unpaired) electrons. The van der Waals surface area contributed by atoms with Gasteiger partial charge in [0.05, 0.1) is 17.2 Å². The second-order valence-electron chi connectivity index (χ2n) is 5.09. The fourth-order valence-electron chi connectivity index (χ4n) is 2.63. The minimum atomic E-state index is -0.341. The SMILES string of the molecule is O=c1cnc2ccc(F)cc2n1CCN1CC[CH]CC1. The van der Waals surface area contributed by atoms with Gasteiger partial charge in [-0.25, -0.2) is 9.37 Å². The van der Waals surface area contributed by atoms with Crippen LogP contribution >= 0.6 is 0 Å². The number of likely N-dealkylation sites (tertiary alicyclic amines) is 1. The van der Waals surface area contributed by atoms with E-state index < -0.39 is 0 Å². The van der Waals surface area contributed by atoms with Crippen molar-refractivity contribution in [1.29, 1.82) is 0 Å². The van der Waals surface area contributed by atoms with E-state index in [1.54, 1.807) is 10.6 Å². The van der Waals surface area contributed by atoms with Gasteiger partial charge in [-0.2, -0.15) is 0 Å². The van der Waals surface area contributed by atoms with Gasteiger partial charge in [0.1, 0.15) is 5.82 Å². The van der Waals surface area contributed by atoms with Gasteiger partial charge in [-0.05, 0) is 50.6 Å². The van der Waals surface area contributed by atoms with Gasteiger partial charge < -0.3 is 9.47 Å². The Morgan fingerprint density at radius 3 is 2.80 bits per heavy atom. The molecule has 0 saturated carbocycles. The minimum absolute atomic E-state index is 0.174. The maximum atomic E-state index is 13.4. The molecule has 1 aromatic carbocycles. The van der Waals surface area contributed by atoms with Crippen molar-refractivity contribution in [2.45, 2.75) is 19.4 Å². The van der Waals surface area contributed by atoms with E-state index in [2.05, 4.69) is 16.3 Å². The fourth-order valence-corrected chi connectivity index (χ4v) is 2.63. The monoisotopic (exact) mass is 274 g/mol. The van der Waals surface area contributed by atoms with Gasteiger partial charge in [-0.15, -0.1) is 0 Å². The molecule has 2 heterocycles. The molecule has 0 atom stereocenters. The number of hydrogen-bond donors (Lipinski definition) is 0. The largest absolute Gasteiger partial charge is 0.304 e. The van der Waals surface area contributed by atoms with Gasteiger partial charge in [-0.1, -0.05) is 0 Å². The molecule has 0 N–H and O–H groups in total. The summed E-state index contributed by atoms with van der Waals surface area (Å²) < 4.78 is 15.0. The van der Waals surface area contributed by atoms with E-state index in [-0.39, 0.29) is 11.4 Å². The number of hydrogen-bond acceptors (Lipinski definition) is 3. The van der Waals surface area contributed by atoms with Crippen LogP contribution in [0.2, 0.25) is 0 Å². The maximum Gasteiger partial charge on any atom is 0.269 e. The highest BCUT2D eigenvalue weighted by molar-refractivity contribution is 5.74. The third-order valence-corrected chi connectivity index (χ3v) is 3.75. The van der Waals surface area contributed by atoms with E-state index in [0.717, 1.165) is 32.5 Å². The molecule has 3 rings (SSSR count). The number of halogens is 1. The lowest BCUT2D eigenvalue weighted by Gasteiger charge is -2.26. The van der Waals surface area contributed by atoms with Crippen LogP contribution in [0.4, 0.5) is 4.39 Å². The Bertz CT molecular complexity index is 662. The van der Waals surface area contributed by atoms with Crippen LogP contribution in [0.5, 0.6) is 0 Å². The highest BCUT2D eigenvalue weighted by Gasteiger charge is 2.11. The summed E-state index contributed by atoms with van der Waals surface area (Å²) in [4.78, 5) is 18.4. The molecule has 0 amide bonds. The second-order valence-corrected chi connectivity index (χ2v) is 5.09. The van der Waals surface area contributed by atoms with Crippen molar-refractivity contribution < 1.29 is 4.39 Å². The van der Waals surface area contributed by atoms with E-state index >= 15 is 0 Å². The minimum Gasteiger partial charge on any atom is -0.304 e. The van der Waals surface area contributed by atoms with Gasteiger partial charge >= 0.3 is 0 Å². The van der Waals surface area contributed by atoms with Crippen LogP contribution in [0.3, 0.4) is 0 Å². The van der Waals surface area contributed by atoms with Crippen molar-refractivity contribution in [2.75, 3.05) is 19.6 Å². The zero-order valence-corrected chi connectivity index (χ0v) is 11.3. The first-order chi connectivity index (χ1) is 9.74. The summed E-state index contributed by atoms with van der Waals surface area (Å²) in [7, 11) is 0. The summed E-state index contributed by atoms with van der Waals surface area (Å²) in [5.74, 6) is -0.341. The smallest absolute Gasteiger partial charge is 0.269 e. The zero-order chi connectivity index (χ0) is 13.9. The van der Waals surface area contributed by atoms with E-state index in [1.165, 1.54) is 18.3 Å². The third-order valence-electron chi connectivity index (χ3n) is 3.75. The lowest BCUT2D eigenvalue weighted by molar-refractivity contribution is 0.244. The van der Waals surface area contributed by atoms with Crippen LogP contribution in [0.15, 0.2) is 29.2 Å². The average Bonchev–Trinajstić information content (AvgIpc) is 2.47. The fraction of sp³-hybridized carbons (Fsp3) is 0.400. The Balaban J connectivity index is 1.87. The predicted octanol–water partition coefficient (Wildman–Crippen LogP) is 1.84. The molecule has 1 saturated heterocycles. The highest BCUT2D eigenvalue weighted by atomic mass is 19.1. The Labute approximate surface area is 116 Å². The summed E-state index contributed by atoms with van der Waals surface area (Å²) in [6, 6.07) is 4.36. The van der Waals surface area contributed by atoms with Crippen LogP contribution < -0.4 is 5.56 Å². The van der Waals surface area contributed by atoms with Crippen molar-refractivity contribution in [3.05, 3.63) is 47.0 Å². The first kappa shape index (κ1) is 13.2. The Kier molecular flexibility index (Phi) is 3.78. The summed E-state index contributed by atoms with van der Waals surface area (Å²) in [6.45, 7) is 3.45. The molecule has 1 aliphatic rings. The summed E-state index contributed by atoms with van der Waals surface area (Å²) in [6.07, 6.45) is 5.80. The van der Waals surface area contributed by atoms with Crippen molar-refractivity contribution in [3.63, 3.8) is 0 Å². The van der Waals surface area contributed by atoms with Crippen molar-refractivity contribution in [2.24, 2.45) is 0 Å². The van der Waals surface area contributed by atoms with Gasteiger partial charge in [0.25, 0.3) is 5.56 Å². The maximum absolute atomic E-state index is 13.4. The number of aromatic nitrogens is 2. The normalized spacial score (nSPS) is 16.6. The molecule has 20 heavy (non-hydrogen) atoms. The lowest BCUT2D eigenvalue weighted by Crippen LogP contribution is -2.35. The molecule has 5 heteroatoms. The molecule has 4 nitrogen and oxygen atoms in total. The third kappa shape index (κ3) is 2.72. The molecular weight excluding hydrogens is 257 g/mol. The summed E-state index contributed by atoms with van der Waals surface area (Å²) in [5.41, 5.74) is 1.05. The second kappa shape index (κ2) is 5.71. The quantitative estimate of drug-likeness (QED) is 0.857. The van der Waals surface area contributed by atoms with E-state index in [4.69, 9.17) is 0 Å². The Morgan fingerprint density at radius 1 is 1.20 bits per heavy atom. The number of piperidine rings is 1. The topological polar surface area (TPSA) is 38.1 Å². The van der Waals surface area contributed by atoms with Gasteiger partial charge in [0.2, 0.25) is 0 Å². The zero-order valence-electron chi connectivity index (χ0n) is 11.3. The Morgan fingerprint density at radius 2 is 2.00 bits per heavy atom. The van der Waals surface area contributed by atoms with Crippen LogP contribution in [0.25, 0.3) is 11.0 Å². The van der Waals surface area contributed by atoms with E-state index in [0.29, 0.717) is 17.6 Å². The van der Waals surface area contributed by atoms with Gasteiger partial charge in [-0.3, -0.25) is 4.79 Å². The Hall–Kier alpha value is -1.75. The van der Waals surface area contributed by atoms with Crippen LogP contribution in [0, 0.1) is 12.2 Å². The standard InChI is InChI=1S/C15H17FN3O/c16-12-4-5-13-14(10-12)19(15(20)11-17-13)9-8-18-6-2-1-3-7-18/h1,4-5,10-11H,2-3,6-9H2. The molecule has 1 aliphatic heterocycles. The summed E-state index contributed by atoms with van der Waals surface area (Å²) in [5, 5.41) is 0. The number of benzene rings is 1. The number of nitrogens with zero attached hydrogens (tertiary/aromatic N) is 3. The molecule has 105 valence electrons. The van der Waals surface area contributed by atoms with Gasteiger partial charge in [0.15, 0.2) is 0 Å². The van der Waals surface area contributed by atoms with Crippen LogP contribution in [0.1, 0.15) is 12.8 Å². The highest BCUT2D eigenvalue weighted by Crippen LogP contribution is 2.12. The lowest BCUT2D eigenvalue weighted by atomic mass is 10.1. The van der Waals surface area contributed by atoms with Gasteiger partial charge in [0, 0.05) is 13.1 Å². The van der Waals surface area contributed by atoms with Crippen molar-refractivity contribution in [1.82, 2.24) is 14.5 Å². The predicted molar refractivity (Wildman–Crippen MR) is 75.9 cm³/mol. The van der Waals surface area contributed by atoms with E-state index in [9.17, 15) is 9.18 Å². The molecule has 1 aromatic heterocycles. The molecule has 0 bridgehead atoms. The van der Waals surface area contributed by atoms with E-state index in [1.807, 2.05) is 0 Å². The first-order valence-electron chi connectivity index (χ1n) is 6.93. The first-order valence-corrected chi connectivity index (χ1v) is 6.93. The number of rotatable bonds is 3. The molecule has 1 fully saturated rings. The molecule has 2 aromatic rings. The van der Waals surface area contributed by atoms with Crippen LogP contribution in [-0.2, 0) is 6.54 Å². The molecule has 0 unspecified atom stereocenters. The van der Waals surface area contributed by atoms with Crippen molar-refractivity contribution >= 4 is 11.0 Å². The van der Waals surface area contributed by atoms with Crippen molar-refractivity contribution in [3.8, 4) is 0 Å². The molecular formula is C15H17FN3O. The average molecular weight is 274 g/mol. The number of fused-ring (bicyclic) bond motifs is 1. The molecule has 0 spiro atoms. The summed E-state index contributed by atoms with van der Waals surface area (Å²) >= 11 is 0.